The first-order valence-corrected chi connectivity index (χ1v) is 5.17. The summed E-state index contributed by atoms with van der Waals surface area (Å²) in [6.07, 6.45) is 2.55. The molecule has 0 aromatic rings. The molecule has 76 valence electrons. The van der Waals surface area contributed by atoms with Crippen molar-refractivity contribution < 1.29 is 9.84 Å². The van der Waals surface area contributed by atoms with Gasteiger partial charge in [0.1, 0.15) is 5.60 Å². The molecule has 2 heterocycles. The zero-order chi connectivity index (χ0) is 9.47. The van der Waals surface area contributed by atoms with Crippen LogP contribution in [0.25, 0.3) is 0 Å². The molecule has 0 amide bonds. The molecule has 2 aliphatic heterocycles. The second kappa shape index (κ2) is 3.23. The summed E-state index contributed by atoms with van der Waals surface area (Å²) in [5, 5.41) is 13.5. The van der Waals surface area contributed by atoms with E-state index in [0.717, 1.165) is 12.8 Å². The van der Waals surface area contributed by atoms with Crippen molar-refractivity contribution in [1.82, 2.24) is 5.32 Å². The molecule has 2 bridgehead atoms. The van der Waals surface area contributed by atoms with Gasteiger partial charge in [-0.05, 0) is 18.8 Å². The predicted molar refractivity (Wildman–Crippen MR) is 50.6 cm³/mol. The highest BCUT2D eigenvalue weighted by molar-refractivity contribution is 5.01. The maximum Gasteiger partial charge on any atom is 0.103 e. The van der Waals surface area contributed by atoms with E-state index in [4.69, 9.17) is 4.74 Å². The predicted octanol–water partition coefficient (Wildman–Crippen LogP) is 0.524. The average Bonchev–Trinajstić information content (AvgIpc) is 1.99. The molecule has 3 heteroatoms. The molecule has 0 aromatic heterocycles. The molecule has 0 radical (unpaired) electrons. The first-order chi connectivity index (χ1) is 6.10. The summed E-state index contributed by atoms with van der Waals surface area (Å²) >= 11 is 0. The van der Waals surface area contributed by atoms with Gasteiger partial charge in [0.25, 0.3) is 0 Å². The zero-order valence-corrected chi connectivity index (χ0v) is 8.42. The molecular formula is C10H19NO2. The second-order valence-electron chi connectivity index (χ2n) is 4.74. The Labute approximate surface area is 79.5 Å². The quantitative estimate of drug-likeness (QED) is 0.673. The summed E-state index contributed by atoms with van der Waals surface area (Å²) in [5.41, 5.74) is -0.598. The number of hydrogen-bond acceptors (Lipinski definition) is 3. The minimum absolute atomic E-state index is 0.432. The Balaban J connectivity index is 1.87. The van der Waals surface area contributed by atoms with Crippen LogP contribution in [0.1, 0.15) is 26.7 Å². The van der Waals surface area contributed by atoms with Crippen LogP contribution in [0.2, 0.25) is 0 Å². The number of ether oxygens (including phenoxy) is 1. The maximum absolute atomic E-state index is 10.2. The number of hydrogen-bond donors (Lipinski definition) is 2. The van der Waals surface area contributed by atoms with Gasteiger partial charge in [0, 0.05) is 12.6 Å². The molecule has 1 saturated carbocycles. The van der Waals surface area contributed by atoms with Gasteiger partial charge in [0.2, 0.25) is 0 Å². The Bertz CT molecular complexity index is 187. The molecule has 3 fully saturated rings. The van der Waals surface area contributed by atoms with Crippen LogP contribution in [0.3, 0.4) is 0 Å². The molecule has 1 atom stereocenters. The second-order valence-corrected chi connectivity index (χ2v) is 4.74. The van der Waals surface area contributed by atoms with E-state index in [2.05, 4.69) is 19.2 Å². The highest BCUT2D eigenvalue weighted by Gasteiger charge is 2.50. The fraction of sp³-hybridized carbons (Fsp3) is 1.00. The van der Waals surface area contributed by atoms with Crippen molar-refractivity contribution in [2.45, 2.75) is 44.4 Å². The summed E-state index contributed by atoms with van der Waals surface area (Å²) in [5.74, 6) is 0.470. The van der Waals surface area contributed by atoms with E-state index >= 15 is 0 Å². The molecule has 1 aliphatic carbocycles. The Morgan fingerprint density at radius 2 is 2.23 bits per heavy atom. The normalized spacial score (nSPS) is 43.4. The van der Waals surface area contributed by atoms with Crippen molar-refractivity contribution in [3.8, 4) is 0 Å². The first-order valence-electron chi connectivity index (χ1n) is 5.17. The van der Waals surface area contributed by atoms with E-state index in [1.165, 1.54) is 0 Å². The van der Waals surface area contributed by atoms with Crippen LogP contribution in [0.15, 0.2) is 0 Å². The van der Waals surface area contributed by atoms with Crippen LogP contribution in [-0.2, 0) is 4.74 Å². The average molecular weight is 185 g/mol. The van der Waals surface area contributed by atoms with Crippen molar-refractivity contribution in [2.75, 3.05) is 13.2 Å². The third-order valence-corrected chi connectivity index (χ3v) is 3.24. The van der Waals surface area contributed by atoms with Crippen LogP contribution in [-0.4, -0.2) is 36.0 Å². The number of fused-ring (bicyclic) bond motifs is 2. The standard InChI is InChI=1S/C10H19NO2/c1-7(2)11-5-10(12)6-13-9-3-8(10)4-9/h7-9,11-12H,3-6H2,1-2H3. The smallest absolute Gasteiger partial charge is 0.103 e. The lowest BCUT2D eigenvalue weighted by atomic mass is 9.68. The third-order valence-electron chi connectivity index (χ3n) is 3.24. The summed E-state index contributed by atoms with van der Waals surface area (Å²) in [6, 6.07) is 0.432. The SMILES string of the molecule is CC(C)NCC1(O)COC2CC1C2. The van der Waals surface area contributed by atoms with Gasteiger partial charge in [0.05, 0.1) is 12.7 Å². The van der Waals surface area contributed by atoms with Crippen LogP contribution < -0.4 is 5.32 Å². The maximum atomic E-state index is 10.2. The van der Waals surface area contributed by atoms with Crippen molar-refractivity contribution in [1.29, 1.82) is 0 Å². The Morgan fingerprint density at radius 3 is 2.69 bits per heavy atom. The summed E-state index contributed by atoms with van der Waals surface area (Å²) in [6.45, 7) is 5.37. The molecule has 3 rings (SSSR count). The van der Waals surface area contributed by atoms with Crippen molar-refractivity contribution in [3.63, 3.8) is 0 Å². The first kappa shape index (κ1) is 9.44. The Kier molecular flexibility index (Phi) is 2.34. The molecule has 13 heavy (non-hydrogen) atoms. The van der Waals surface area contributed by atoms with Crippen molar-refractivity contribution >= 4 is 0 Å². The topological polar surface area (TPSA) is 41.5 Å². The lowest BCUT2D eigenvalue weighted by Crippen LogP contribution is -2.62. The zero-order valence-electron chi connectivity index (χ0n) is 8.42. The summed E-state index contributed by atoms with van der Waals surface area (Å²) in [7, 11) is 0. The van der Waals surface area contributed by atoms with Crippen molar-refractivity contribution in [2.24, 2.45) is 5.92 Å². The minimum atomic E-state index is -0.598. The lowest BCUT2D eigenvalue weighted by molar-refractivity contribution is -0.215. The molecule has 2 saturated heterocycles. The van der Waals surface area contributed by atoms with Crippen LogP contribution in [0.4, 0.5) is 0 Å². The van der Waals surface area contributed by atoms with Crippen LogP contribution >= 0.6 is 0 Å². The highest BCUT2D eigenvalue weighted by Crippen LogP contribution is 2.43. The molecule has 1 unspecified atom stereocenters. The van der Waals surface area contributed by atoms with E-state index in [0.29, 0.717) is 31.2 Å². The minimum Gasteiger partial charge on any atom is -0.386 e. The molecule has 3 aliphatic rings. The number of aliphatic hydroxyl groups is 1. The number of nitrogens with one attached hydrogen (secondary N) is 1. The lowest BCUT2D eigenvalue weighted by Gasteiger charge is -2.51. The highest BCUT2D eigenvalue weighted by atomic mass is 16.5. The van der Waals surface area contributed by atoms with E-state index in [1.54, 1.807) is 0 Å². The van der Waals surface area contributed by atoms with Crippen LogP contribution in [0, 0.1) is 5.92 Å². The van der Waals surface area contributed by atoms with E-state index in [9.17, 15) is 5.11 Å². The molecule has 0 aromatic carbocycles. The van der Waals surface area contributed by atoms with E-state index in [-0.39, 0.29) is 0 Å². The molecule has 3 nitrogen and oxygen atoms in total. The monoisotopic (exact) mass is 185 g/mol. The Morgan fingerprint density at radius 1 is 1.54 bits per heavy atom. The van der Waals surface area contributed by atoms with Gasteiger partial charge in [-0.2, -0.15) is 0 Å². The van der Waals surface area contributed by atoms with Gasteiger partial charge in [-0.25, -0.2) is 0 Å². The van der Waals surface area contributed by atoms with Gasteiger partial charge in [0.15, 0.2) is 0 Å². The molecular weight excluding hydrogens is 166 g/mol. The molecule has 2 N–H and O–H groups in total. The van der Waals surface area contributed by atoms with Crippen LogP contribution in [0.5, 0.6) is 0 Å². The van der Waals surface area contributed by atoms with Gasteiger partial charge in [-0.1, -0.05) is 13.8 Å². The third kappa shape index (κ3) is 1.73. The summed E-state index contributed by atoms with van der Waals surface area (Å²) < 4.78 is 5.50. The van der Waals surface area contributed by atoms with Crippen molar-refractivity contribution in [3.05, 3.63) is 0 Å². The van der Waals surface area contributed by atoms with E-state index < -0.39 is 5.60 Å². The fourth-order valence-corrected chi connectivity index (χ4v) is 2.10. The summed E-state index contributed by atoms with van der Waals surface area (Å²) in [4.78, 5) is 0. The van der Waals surface area contributed by atoms with Gasteiger partial charge in [-0.3, -0.25) is 0 Å². The Hall–Kier alpha value is -0.120. The molecule has 0 spiro atoms. The van der Waals surface area contributed by atoms with Gasteiger partial charge >= 0.3 is 0 Å². The fourth-order valence-electron chi connectivity index (χ4n) is 2.10. The largest absolute Gasteiger partial charge is 0.386 e. The number of rotatable bonds is 3. The van der Waals surface area contributed by atoms with E-state index in [1.807, 2.05) is 0 Å². The van der Waals surface area contributed by atoms with Gasteiger partial charge < -0.3 is 15.2 Å². The van der Waals surface area contributed by atoms with Gasteiger partial charge in [-0.15, -0.1) is 0 Å².